The van der Waals surface area contributed by atoms with Gasteiger partial charge in [-0.2, -0.15) is 13.2 Å². The zero-order valence-electron chi connectivity index (χ0n) is 11.0. The van der Waals surface area contributed by atoms with E-state index in [-0.39, 0.29) is 10.6 Å². The predicted molar refractivity (Wildman–Crippen MR) is 73.7 cm³/mol. The molecule has 0 atom stereocenters. The van der Waals surface area contributed by atoms with E-state index in [0.717, 1.165) is 24.5 Å². The third kappa shape index (κ3) is 5.93. The van der Waals surface area contributed by atoms with Crippen LogP contribution in [0, 0.1) is 0 Å². The average molecular weight is 357 g/mol. The monoisotopic (exact) mass is 357 g/mol. The van der Waals surface area contributed by atoms with E-state index in [9.17, 15) is 31.2 Å². The van der Waals surface area contributed by atoms with Crippen molar-refractivity contribution in [2.75, 3.05) is 17.3 Å². The van der Waals surface area contributed by atoms with E-state index in [4.69, 9.17) is 5.11 Å². The van der Waals surface area contributed by atoms with Crippen molar-refractivity contribution in [3.05, 3.63) is 23.8 Å². The first-order chi connectivity index (χ1) is 9.88. The number of amides is 1. The minimum Gasteiger partial charge on any atom is -0.478 e. The van der Waals surface area contributed by atoms with E-state index in [1.54, 1.807) is 0 Å². The Morgan fingerprint density at radius 3 is 2.32 bits per heavy atom. The van der Waals surface area contributed by atoms with E-state index in [2.05, 4.69) is 0 Å². The number of anilines is 1. The SMILES string of the molecule is CS(=O)(=O)c1cc(NC(=O)CSC(F)(F)F)cc(C(=O)O)c1. The fraction of sp³-hybridized carbons (Fsp3) is 0.273. The molecule has 0 unspecified atom stereocenters. The maximum absolute atomic E-state index is 12.0. The van der Waals surface area contributed by atoms with Crippen LogP contribution in [0.15, 0.2) is 23.1 Å². The molecule has 0 heterocycles. The molecule has 1 rings (SSSR count). The fourth-order valence-corrected chi connectivity index (χ4v) is 2.40. The smallest absolute Gasteiger partial charge is 0.442 e. The quantitative estimate of drug-likeness (QED) is 0.836. The molecular formula is C11H10F3NO5S2. The Balaban J connectivity index is 3.02. The van der Waals surface area contributed by atoms with E-state index in [1.165, 1.54) is 0 Å². The molecule has 1 aromatic carbocycles. The second-order valence-electron chi connectivity index (χ2n) is 4.11. The molecule has 1 aromatic rings. The Labute approximate surface area is 127 Å². The van der Waals surface area contributed by atoms with Crippen molar-refractivity contribution in [2.45, 2.75) is 10.4 Å². The molecule has 0 aliphatic carbocycles. The van der Waals surface area contributed by atoms with Crippen LogP contribution in [-0.4, -0.2) is 42.9 Å². The third-order valence-corrected chi connectivity index (χ3v) is 4.06. The summed E-state index contributed by atoms with van der Waals surface area (Å²) in [5.41, 5.74) is -5.21. The van der Waals surface area contributed by atoms with Crippen molar-refractivity contribution in [1.29, 1.82) is 0 Å². The number of rotatable bonds is 5. The number of hydrogen-bond donors (Lipinski definition) is 2. The van der Waals surface area contributed by atoms with E-state index in [0.29, 0.717) is 0 Å². The highest BCUT2D eigenvalue weighted by Crippen LogP contribution is 2.30. The number of nitrogens with one attached hydrogen (secondary N) is 1. The van der Waals surface area contributed by atoms with Crippen LogP contribution in [0.3, 0.4) is 0 Å². The normalized spacial score (nSPS) is 12.0. The fourth-order valence-electron chi connectivity index (χ4n) is 1.35. The molecule has 0 aromatic heterocycles. The van der Waals surface area contributed by atoms with Crippen molar-refractivity contribution >= 4 is 39.2 Å². The number of carbonyl (C=O) groups is 2. The van der Waals surface area contributed by atoms with Crippen molar-refractivity contribution in [3.63, 3.8) is 0 Å². The van der Waals surface area contributed by atoms with Gasteiger partial charge in [-0.1, -0.05) is 0 Å². The lowest BCUT2D eigenvalue weighted by atomic mass is 10.2. The number of carboxylic acids is 1. The van der Waals surface area contributed by atoms with Gasteiger partial charge in [-0.3, -0.25) is 4.79 Å². The van der Waals surface area contributed by atoms with E-state index < -0.39 is 50.3 Å². The number of carboxylic acid groups (broad SMARTS) is 1. The molecule has 11 heteroatoms. The molecule has 0 fully saturated rings. The number of hydrogen-bond acceptors (Lipinski definition) is 5. The molecule has 1 amide bonds. The zero-order valence-corrected chi connectivity index (χ0v) is 12.6. The highest BCUT2D eigenvalue weighted by atomic mass is 32.2. The summed E-state index contributed by atoms with van der Waals surface area (Å²) >= 11 is -0.565. The van der Waals surface area contributed by atoms with Crippen LogP contribution in [-0.2, 0) is 14.6 Å². The largest absolute Gasteiger partial charge is 0.478 e. The summed E-state index contributed by atoms with van der Waals surface area (Å²) < 4.78 is 58.8. The summed E-state index contributed by atoms with van der Waals surface area (Å²) in [5.74, 6) is -3.41. The van der Waals surface area contributed by atoms with Crippen LogP contribution in [0.5, 0.6) is 0 Å². The molecule has 0 saturated heterocycles. The van der Waals surface area contributed by atoms with Gasteiger partial charge in [0, 0.05) is 11.9 Å². The topological polar surface area (TPSA) is 101 Å². The van der Waals surface area contributed by atoms with Gasteiger partial charge in [-0.25, -0.2) is 13.2 Å². The Morgan fingerprint density at radius 1 is 1.27 bits per heavy atom. The average Bonchev–Trinajstić information content (AvgIpc) is 2.34. The summed E-state index contributed by atoms with van der Waals surface area (Å²) in [6.45, 7) is 0. The van der Waals surface area contributed by atoms with Crippen LogP contribution in [0.2, 0.25) is 0 Å². The summed E-state index contributed by atoms with van der Waals surface area (Å²) in [7, 11) is -3.75. The number of benzene rings is 1. The van der Waals surface area contributed by atoms with Gasteiger partial charge in [0.1, 0.15) is 0 Å². The number of carbonyl (C=O) groups excluding carboxylic acids is 1. The Bertz CT molecular complexity index is 700. The van der Waals surface area contributed by atoms with E-state index >= 15 is 0 Å². The maximum Gasteiger partial charge on any atom is 0.442 e. The number of sulfone groups is 1. The van der Waals surface area contributed by atoms with Gasteiger partial charge >= 0.3 is 11.5 Å². The summed E-state index contributed by atoms with van der Waals surface area (Å²) in [5, 5.41) is 10.9. The van der Waals surface area contributed by atoms with Crippen molar-refractivity contribution in [1.82, 2.24) is 0 Å². The minimum atomic E-state index is -4.59. The highest BCUT2D eigenvalue weighted by Gasteiger charge is 2.29. The molecule has 0 spiro atoms. The Kier molecular flexibility index (Phi) is 5.46. The lowest BCUT2D eigenvalue weighted by molar-refractivity contribution is -0.114. The first-order valence-electron chi connectivity index (χ1n) is 5.47. The number of thioether (sulfide) groups is 1. The van der Waals surface area contributed by atoms with E-state index in [1.807, 2.05) is 5.32 Å². The molecule has 6 nitrogen and oxygen atoms in total. The number of halogens is 3. The number of alkyl halides is 3. The van der Waals surface area contributed by atoms with Gasteiger partial charge in [0.05, 0.1) is 16.2 Å². The highest BCUT2D eigenvalue weighted by molar-refractivity contribution is 8.00. The summed E-state index contributed by atoms with van der Waals surface area (Å²) in [4.78, 5) is 21.9. The van der Waals surface area contributed by atoms with Gasteiger partial charge < -0.3 is 10.4 Å². The summed E-state index contributed by atoms with van der Waals surface area (Å²) in [6.07, 6.45) is 0.832. The lowest BCUT2D eigenvalue weighted by Gasteiger charge is -2.09. The van der Waals surface area contributed by atoms with Crippen LogP contribution in [0.4, 0.5) is 18.9 Å². The Morgan fingerprint density at radius 2 is 1.86 bits per heavy atom. The van der Waals surface area contributed by atoms with Gasteiger partial charge in [-0.15, -0.1) is 0 Å². The van der Waals surface area contributed by atoms with Gasteiger partial charge in [0.25, 0.3) is 0 Å². The first kappa shape index (κ1) is 18.3. The van der Waals surface area contributed by atoms with Gasteiger partial charge in [0.15, 0.2) is 9.84 Å². The standard InChI is InChI=1S/C11H10F3NO5S2/c1-22(19,20)8-3-6(10(17)18)2-7(4-8)15-9(16)5-21-11(12,13)14/h2-4H,5H2,1H3,(H,15,16)(H,17,18). The third-order valence-electron chi connectivity index (χ3n) is 2.23. The summed E-state index contributed by atoms with van der Waals surface area (Å²) in [6, 6.07) is 2.81. The zero-order chi connectivity index (χ0) is 17.1. The van der Waals surface area contributed by atoms with Crippen LogP contribution in [0.1, 0.15) is 10.4 Å². The van der Waals surface area contributed by atoms with Crippen LogP contribution in [0.25, 0.3) is 0 Å². The van der Waals surface area contributed by atoms with Crippen LogP contribution >= 0.6 is 11.8 Å². The van der Waals surface area contributed by atoms with Gasteiger partial charge in [0.2, 0.25) is 5.91 Å². The van der Waals surface area contributed by atoms with Crippen LogP contribution < -0.4 is 5.32 Å². The Hall–Kier alpha value is -1.75. The second-order valence-corrected chi connectivity index (χ2v) is 7.16. The molecule has 22 heavy (non-hydrogen) atoms. The predicted octanol–water partition coefficient (Wildman–Crippen LogP) is 1.98. The second kappa shape index (κ2) is 6.57. The maximum atomic E-state index is 12.0. The molecule has 0 bridgehead atoms. The first-order valence-corrected chi connectivity index (χ1v) is 8.35. The molecule has 0 saturated carbocycles. The molecule has 0 aliphatic rings. The minimum absolute atomic E-state index is 0.215. The molecule has 0 radical (unpaired) electrons. The molecule has 122 valence electrons. The van der Waals surface area contributed by atoms with Crippen molar-refractivity contribution < 1.29 is 36.3 Å². The molecule has 2 N–H and O–H groups in total. The molecular weight excluding hydrogens is 347 g/mol. The van der Waals surface area contributed by atoms with Gasteiger partial charge in [-0.05, 0) is 30.0 Å². The lowest BCUT2D eigenvalue weighted by Crippen LogP contribution is -2.18. The number of aromatic carboxylic acids is 1. The van der Waals surface area contributed by atoms with Crippen molar-refractivity contribution in [3.8, 4) is 0 Å². The molecule has 0 aliphatic heterocycles. The van der Waals surface area contributed by atoms with Crippen molar-refractivity contribution in [2.24, 2.45) is 0 Å².